The first-order valence-electron chi connectivity index (χ1n) is 15.0. The van der Waals surface area contributed by atoms with Crippen LogP contribution in [0, 0.1) is 6.92 Å². The molecule has 11 nitrogen and oxygen atoms in total. The van der Waals surface area contributed by atoms with Gasteiger partial charge in [-0.05, 0) is 70.4 Å². The maximum absolute atomic E-state index is 14.0. The molecular formula is C31H38ClF3N6O5. The number of likely N-dealkylation sites (tertiary alicyclic amines) is 1. The smallest absolute Gasteiger partial charge is 0.406 e. The molecule has 250 valence electrons. The second-order valence-corrected chi connectivity index (χ2v) is 12.3. The molecule has 0 aliphatic carbocycles. The summed E-state index contributed by atoms with van der Waals surface area (Å²) in [6.45, 7) is 6.09. The summed E-state index contributed by atoms with van der Waals surface area (Å²) >= 11 is 6.23. The highest BCUT2D eigenvalue weighted by molar-refractivity contribution is 6.30. The normalized spacial score (nSPS) is 22.9. The third-order valence-electron chi connectivity index (χ3n) is 8.28. The quantitative estimate of drug-likeness (QED) is 0.370. The van der Waals surface area contributed by atoms with Gasteiger partial charge in [0, 0.05) is 30.5 Å². The van der Waals surface area contributed by atoms with Gasteiger partial charge in [0.1, 0.15) is 24.0 Å². The summed E-state index contributed by atoms with van der Waals surface area (Å²) in [5, 5.41) is 3.08. The molecule has 0 radical (unpaired) electrons. The highest BCUT2D eigenvalue weighted by Gasteiger charge is 2.45. The van der Waals surface area contributed by atoms with Crippen molar-refractivity contribution in [1.29, 1.82) is 0 Å². The van der Waals surface area contributed by atoms with Crippen LogP contribution in [-0.2, 0) is 14.4 Å². The molecule has 4 amide bonds. The fourth-order valence-electron chi connectivity index (χ4n) is 5.98. The predicted octanol–water partition coefficient (Wildman–Crippen LogP) is 3.85. The standard InChI is InChI=1S/C31H38ClF3N6O5/c1-16-13-27(29(44)39-38-16)46-26-12-9-23(36-17(26)2)28(43)37-18(3)30(45)41-24(19(4)40(20(5)42)15-31(33,34)35)10-11-25(41)21-7-6-8-22(32)14-21/h6-9,12,14,16,18-19,24-25,27,38H,10-11,13,15H2,1-5H3,(H,37,43)(H,39,44)/t16?,18-,19+,24-,25+,27?/m1/s1. The van der Waals surface area contributed by atoms with Gasteiger partial charge in [-0.15, -0.1) is 0 Å². The van der Waals surface area contributed by atoms with Gasteiger partial charge in [0.25, 0.3) is 11.8 Å². The third-order valence-corrected chi connectivity index (χ3v) is 8.51. The Kier molecular flexibility index (Phi) is 10.8. The number of hydrazine groups is 1. The molecule has 15 heteroatoms. The monoisotopic (exact) mass is 666 g/mol. The van der Waals surface area contributed by atoms with Crippen molar-refractivity contribution in [3.05, 3.63) is 58.4 Å². The minimum absolute atomic E-state index is 0.00158. The van der Waals surface area contributed by atoms with E-state index in [0.29, 0.717) is 41.3 Å². The van der Waals surface area contributed by atoms with Crippen molar-refractivity contribution < 1.29 is 37.1 Å². The zero-order valence-electron chi connectivity index (χ0n) is 26.2. The number of hydrogen-bond acceptors (Lipinski definition) is 7. The van der Waals surface area contributed by atoms with Crippen LogP contribution in [0.4, 0.5) is 13.2 Å². The summed E-state index contributed by atoms with van der Waals surface area (Å²) in [7, 11) is 0. The van der Waals surface area contributed by atoms with Crippen molar-refractivity contribution in [2.75, 3.05) is 6.54 Å². The maximum Gasteiger partial charge on any atom is 0.406 e. The molecule has 1 aromatic carbocycles. The molecule has 1 aromatic heterocycles. The summed E-state index contributed by atoms with van der Waals surface area (Å²) in [6.07, 6.45) is -4.21. The average molecular weight is 667 g/mol. The van der Waals surface area contributed by atoms with Gasteiger partial charge in [0.15, 0.2) is 6.10 Å². The molecule has 2 fully saturated rings. The van der Waals surface area contributed by atoms with E-state index in [0.717, 1.165) is 11.8 Å². The van der Waals surface area contributed by atoms with Crippen molar-refractivity contribution in [1.82, 2.24) is 31.0 Å². The van der Waals surface area contributed by atoms with E-state index in [4.69, 9.17) is 16.3 Å². The summed E-state index contributed by atoms with van der Waals surface area (Å²) in [4.78, 5) is 58.3. The zero-order chi connectivity index (χ0) is 33.9. The summed E-state index contributed by atoms with van der Waals surface area (Å²) < 4.78 is 46.1. The molecule has 3 N–H and O–H groups in total. The lowest BCUT2D eigenvalue weighted by atomic mass is 10.0. The number of nitrogens with zero attached hydrogens (tertiary/aromatic N) is 3. The second-order valence-electron chi connectivity index (χ2n) is 11.8. The van der Waals surface area contributed by atoms with Gasteiger partial charge >= 0.3 is 6.18 Å². The molecular weight excluding hydrogens is 629 g/mol. The lowest BCUT2D eigenvalue weighted by Crippen LogP contribution is -2.56. The summed E-state index contributed by atoms with van der Waals surface area (Å²) in [6, 6.07) is 6.37. The number of ether oxygens (including phenoxy) is 1. The van der Waals surface area contributed by atoms with Gasteiger partial charge in [-0.3, -0.25) is 24.6 Å². The Hall–Kier alpha value is -3.91. The lowest BCUT2D eigenvalue weighted by molar-refractivity contribution is -0.167. The zero-order valence-corrected chi connectivity index (χ0v) is 26.9. The molecule has 0 saturated carbocycles. The minimum atomic E-state index is -4.63. The Morgan fingerprint density at radius 1 is 1.20 bits per heavy atom. The SMILES string of the molecule is CC(=O)N(CC(F)(F)F)[C@@H](C)[C@H]1CC[C@@H](c2cccc(Cl)c2)N1C(=O)[C@@H](C)NC(=O)c1ccc(OC2CC(C)NNC2=O)c(C)n1. The van der Waals surface area contributed by atoms with E-state index in [1.165, 1.54) is 30.9 Å². The molecule has 2 aromatic rings. The molecule has 0 spiro atoms. The van der Waals surface area contributed by atoms with Crippen LogP contribution in [0.2, 0.25) is 5.02 Å². The van der Waals surface area contributed by atoms with E-state index in [-0.39, 0.29) is 17.6 Å². The van der Waals surface area contributed by atoms with Gasteiger partial charge in [0.2, 0.25) is 11.8 Å². The van der Waals surface area contributed by atoms with E-state index in [9.17, 15) is 32.3 Å². The van der Waals surface area contributed by atoms with Crippen LogP contribution in [0.25, 0.3) is 0 Å². The fraction of sp³-hybridized carbons (Fsp3) is 0.516. The summed E-state index contributed by atoms with van der Waals surface area (Å²) in [5.41, 5.74) is 6.41. The van der Waals surface area contributed by atoms with Crippen LogP contribution in [-0.4, -0.2) is 81.4 Å². The summed E-state index contributed by atoms with van der Waals surface area (Å²) in [5.74, 6) is -1.97. The predicted molar refractivity (Wildman–Crippen MR) is 163 cm³/mol. The molecule has 6 atom stereocenters. The number of hydrogen-bond donors (Lipinski definition) is 3. The fourth-order valence-corrected chi connectivity index (χ4v) is 6.18. The molecule has 3 heterocycles. The molecule has 2 aliphatic rings. The van der Waals surface area contributed by atoms with Crippen molar-refractivity contribution in [2.45, 2.75) is 96.4 Å². The number of amides is 4. The Labute approximate surface area is 270 Å². The maximum atomic E-state index is 14.0. The number of aromatic nitrogens is 1. The van der Waals surface area contributed by atoms with Crippen LogP contribution in [0.5, 0.6) is 5.75 Å². The van der Waals surface area contributed by atoms with E-state index >= 15 is 0 Å². The first-order valence-corrected chi connectivity index (χ1v) is 15.4. The molecule has 46 heavy (non-hydrogen) atoms. The number of alkyl halides is 3. The van der Waals surface area contributed by atoms with Crippen LogP contribution in [0.1, 0.15) is 74.7 Å². The first kappa shape index (κ1) is 35.0. The van der Waals surface area contributed by atoms with Crippen molar-refractivity contribution in [2.24, 2.45) is 0 Å². The Morgan fingerprint density at radius 2 is 1.91 bits per heavy atom. The molecule has 2 saturated heterocycles. The average Bonchev–Trinajstić information content (AvgIpc) is 3.42. The molecule has 2 aliphatic heterocycles. The number of carbonyl (C=O) groups is 4. The molecule has 0 bridgehead atoms. The van der Waals surface area contributed by atoms with Crippen LogP contribution in [0.3, 0.4) is 0 Å². The Balaban J connectivity index is 1.54. The highest BCUT2D eigenvalue weighted by Crippen LogP contribution is 2.40. The Morgan fingerprint density at radius 3 is 2.54 bits per heavy atom. The van der Waals surface area contributed by atoms with Crippen molar-refractivity contribution in [3.8, 4) is 5.75 Å². The number of nitrogens with one attached hydrogen (secondary N) is 3. The topological polar surface area (TPSA) is 133 Å². The van der Waals surface area contributed by atoms with E-state index in [2.05, 4.69) is 21.2 Å². The number of aryl methyl sites for hydroxylation is 1. The van der Waals surface area contributed by atoms with Crippen LogP contribution < -0.4 is 20.9 Å². The minimum Gasteiger partial charge on any atom is -0.479 e. The van der Waals surface area contributed by atoms with Crippen molar-refractivity contribution in [3.63, 3.8) is 0 Å². The largest absolute Gasteiger partial charge is 0.479 e. The number of benzene rings is 1. The van der Waals surface area contributed by atoms with Gasteiger partial charge < -0.3 is 19.9 Å². The van der Waals surface area contributed by atoms with E-state index in [1.54, 1.807) is 31.2 Å². The second kappa shape index (κ2) is 14.2. The Bertz CT molecular complexity index is 1480. The molecule has 2 unspecified atom stereocenters. The highest BCUT2D eigenvalue weighted by atomic mass is 35.5. The lowest BCUT2D eigenvalue weighted by Gasteiger charge is -2.40. The van der Waals surface area contributed by atoms with Crippen LogP contribution >= 0.6 is 11.6 Å². The number of halogens is 4. The van der Waals surface area contributed by atoms with Crippen molar-refractivity contribution >= 4 is 35.2 Å². The van der Waals surface area contributed by atoms with E-state index in [1.807, 2.05) is 6.92 Å². The van der Waals surface area contributed by atoms with Crippen LogP contribution in [0.15, 0.2) is 36.4 Å². The van der Waals surface area contributed by atoms with Gasteiger partial charge in [-0.2, -0.15) is 13.2 Å². The number of carbonyl (C=O) groups excluding carboxylic acids is 4. The first-order chi connectivity index (χ1) is 21.6. The third kappa shape index (κ3) is 8.27. The number of pyridine rings is 1. The van der Waals surface area contributed by atoms with Gasteiger partial charge in [-0.1, -0.05) is 23.7 Å². The van der Waals surface area contributed by atoms with Gasteiger partial charge in [0.05, 0.1) is 17.8 Å². The number of rotatable bonds is 9. The van der Waals surface area contributed by atoms with Gasteiger partial charge in [-0.25, -0.2) is 10.4 Å². The van der Waals surface area contributed by atoms with E-state index < -0.39 is 60.7 Å². The molecule has 4 rings (SSSR count).